The summed E-state index contributed by atoms with van der Waals surface area (Å²) in [4.78, 5) is 16.4. The highest BCUT2D eigenvalue weighted by molar-refractivity contribution is 7.87. The predicted molar refractivity (Wildman–Crippen MR) is 99.7 cm³/mol. The summed E-state index contributed by atoms with van der Waals surface area (Å²) in [5.41, 5.74) is 0.527. The number of pyridine rings is 1. The largest absolute Gasteiger partial charge is 0.464 e. The Balaban J connectivity index is 1.87. The van der Waals surface area contributed by atoms with Crippen LogP contribution in [0.25, 0.3) is 0 Å². The van der Waals surface area contributed by atoms with Crippen LogP contribution >= 0.6 is 0 Å². The highest BCUT2D eigenvalue weighted by atomic mass is 32.2. The maximum absolute atomic E-state index is 12.6. The first-order valence-electron chi connectivity index (χ1n) is 9.11. The zero-order valence-corrected chi connectivity index (χ0v) is 16.6. The van der Waals surface area contributed by atoms with Gasteiger partial charge in [0.05, 0.1) is 6.61 Å². The topological polar surface area (TPSA) is 88.6 Å². The van der Waals surface area contributed by atoms with E-state index in [1.165, 1.54) is 4.31 Å². The van der Waals surface area contributed by atoms with Gasteiger partial charge in [-0.05, 0) is 57.6 Å². The second-order valence-corrected chi connectivity index (χ2v) is 8.87. The number of hydrogen-bond acceptors (Lipinski definition) is 5. The molecule has 0 radical (unpaired) electrons. The number of esters is 1. The van der Waals surface area contributed by atoms with Crippen LogP contribution in [0.15, 0.2) is 24.5 Å². The standard InChI is InChI=1S/C18H29N3O4S/c1-4-18(2,3)20-26(23,24)21-12-6-10-16(21)17(22)25-13-7-9-15-8-5-11-19-14-15/h5,8,11,14,16,20H,4,6-7,9-10,12-13H2,1-3H3/t16-/m0/s1. The fourth-order valence-electron chi connectivity index (χ4n) is 2.83. The second kappa shape index (κ2) is 8.92. The van der Waals surface area contributed by atoms with Crippen molar-refractivity contribution in [1.29, 1.82) is 0 Å². The summed E-state index contributed by atoms with van der Waals surface area (Å²) in [7, 11) is -3.72. The molecule has 0 aliphatic carbocycles. The van der Waals surface area contributed by atoms with Crippen molar-refractivity contribution in [1.82, 2.24) is 14.0 Å². The number of carbonyl (C=O) groups is 1. The third-order valence-electron chi connectivity index (χ3n) is 4.65. The van der Waals surface area contributed by atoms with E-state index >= 15 is 0 Å². The summed E-state index contributed by atoms with van der Waals surface area (Å²) in [5, 5.41) is 0. The number of hydrogen-bond donors (Lipinski definition) is 1. The van der Waals surface area contributed by atoms with E-state index in [1.54, 1.807) is 12.4 Å². The van der Waals surface area contributed by atoms with Crippen molar-refractivity contribution in [3.8, 4) is 0 Å². The predicted octanol–water partition coefficient (Wildman–Crippen LogP) is 2.04. The molecule has 0 amide bonds. The summed E-state index contributed by atoms with van der Waals surface area (Å²) < 4.78 is 34.5. The van der Waals surface area contributed by atoms with Gasteiger partial charge in [-0.3, -0.25) is 9.78 Å². The van der Waals surface area contributed by atoms with E-state index in [-0.39, 0.29) is 6.61 Å². The normalized spacial score (nSPS) is 18.8. The molecule has 146 valence electrons. The summed E-state index contributed by atoms with van der Waals surface area (Å²) in [6, 6.07) is 3.10. The van der Waals surface area contributed by atoms with Crippen LogP contribution in [0.3, 0.4) is 0 Å². The third kappa shape index (κ3) is 5.75. The Hall–Kier alpha value is -1.51. The molecular weight excluding hydrogens is 354 g/mol. The molecular formula is C18H29N3O4S. The molecule has 0 unspecified atom stereocenters. The SMILES string of the molecule is CCC(C)(C)NS(=O)(=O)N1CCC[C@H]1C(=O)OCCCc1cccnc1. The van der Waals surface area contributed by atoms with Crippen LogP contribution in [-0.4, -0.2) is 48.4 Å². The van der Waals surface area contributed by atoms with Gasteiger partial charge in [0.25, 0.3) is 10.2 Å². The van der Waals surface area contributed by atoms with Crippen molar-refractivity contribution in [2.24, 2.45) is 0 Å². The van der Waals surface area contributed by atoms with Crippen molar-refractivity contribution >= 4 is 16.2 Å². The quantitative estimate of drug-likeness (QED) is 0.521. The smallest absolute Gasteiger partial charge is 0.324 e. The Bertz CT molecular complexity index is 692. The van der Waals surface area contributed by atoms with E-state index in [4.69, 9.17) is 4.74 Å². The fraction of sp³-hybridized carbons (Fsp3) is 0.667. The molecule has 1 N–H and O–H groups in total. The minimum Gasteiger partial charge on any atom is -0.464 e. The molecule has 0 aromatic carbocycles. The summed E-state index contributed by atoms with van der Waals surface area (Å²) in [6.07, 6.45) is 6.75. The van der Waals surface area contributed by atoms with Gasteiger partial charge in [-0.2, -0.15) is 17.4 Å². The Morgan fingerprint density at radius 1 is 1.46 bits per heavy atom. The lowest BCUT2D eigenvalue weighted by atomic mass is 10.0. The fourth-order valence-corrected chi connectivity index (χ4v) is 4.69. The van der Waals surface area contributed by atoms with Crippen LogP contribution in [-0.2, 0) is 26.2 Å². The van der Waals surface area contributed by atoms with Gasteiger partial charge in [0, 0.05) is 24.5 Å². The number of nitrogens with zero attached hydrogens (tertiary/aromatic N) is 2. The molecule has 7 nitrogen and oxygen atoms in total. The number of aromatic nitrogens is 1. The van der Waals surface area contributed by atoms with E-state index in [2.05, 4.69) is 9.71 Å². The monoisotopic (exact) mass is 383 g/mol. The van der Waals surface area contributed by atoms with Gasteiger partial charge in [-0.1, -0.05) is 13.0 Å². The first-order chi connectivity index (χ1) is 12.2. The molecule has 26 heavy (non-hydrogen) atoms. The summed E-state index contributed by atoms with van der Waals surface area (Å²) in [5.74, 6) is -0.464. The lowest BCUT2D eigenvalue weighted by Crippen LogP contribution is -2.53. The van der Waals surface area contributed by atoms with Crippen LogP contribution in [0, 0.1) is 0 Å². The lowest BCUT2D eigenvalue weighted by molar-refractivity contribution is -0.147. The molecule has 0 bridgehead atoms. The zero-order valence-electron chi connectivity index (χ0n) is 15.8. The van der Waals surface area contributed by atoms with Gasteiger partial charge < -0.3 is 4.74 Å². The first kappa shape index (κ1) is 20.8. The van der Waals surface area contributed by atoms with Crippen LogP contribution in [0.4, 0.5) is 0 Å². The van der Waals surface area contributed by atoms with E-state index in [9.17, 15) is 13.2 Å². The molecule has 2 heterocycles. The Morgan fingerprint density at radius 2 is 2.23 bits per heavy atom. The zero-order chi connectivity index (χ0) is 19.2. The maximum Gasteiger partial charge on any atom is 0.324 e. The highest BCUT2D eigenvalue weighted by Gasteiger charge is 2.41. The Morgan fingerprint density at radius 3 is 2.88 bits per heavy atom. The van der Waals surface area contributed by atoms with E-state index in [1.807, 2.05) is 32.9 Å². The van der Waals surface area contributed by atoms with Gasteiger partial charge in [-0.15, -0.1) is 0 Å². The molecule has 1 aromatic rings. The van der Waals surface area contributed by atoms with Gasteiger partial charge in [-0.25, -0.2) is 0 Å². The van der Waals surface area contributed by atoms with Crippen LogP contribution in [0.2, 0.25) is 0 Å². The molecule has 1 saturated heterocycles. The van der Waals surface area contributed by atoms with Gasteiger partial charge in [0.1, 0.15) is 6.04 Å². The maximum atomic E-state index is 12.6. The lowest BCUT2D eigenvalue weighted by Gasteiger charge is -2.29. The van der Waals surface area contributed by atoms with Crippen LogP contribution in [0.5, 0.6) is 0 Å². The van der Waals surface area contributed by atoms with E-state index in [0.29, 0.717) is 32.2 Å². The highest BCUT2D eigenvalue weighted by Crippen LogP contribution is 2.23. The van der Waals surface area contributed by atoms with Crippen molar-refractivity contribution in [2.75, 3.05) is 13.2 Å². The third-order valence-corrected chi connectivity index (χ3v) is 6.52. The average molecular weight is 384 g/mol. The Labute approximate surface area is 156 Å². The van der Waals surface area contributed by atoms with Gasteiger partial charge in [0.15, 0.2) is 0 Å². The van der Waals surface area contributed by atoms with Gasteiger partial charge >= 0.3 is 5.97 Å². The first-order valence-corrected chi connectivity index (χ1v) is 10.6. The molecule has 2 rings (SSSR count). The average Bonchev–Trinajstić information content (AvgIpc) is 3.09. The molecule has 1 aromatic heterocycles. The molecule has 1 aliphatic rings. The van der Waals surface area contributed by atoms with Crippen molar-refractivity contribution in [3.63, 3.8) is 0 Å². The molecule has 8 heteroatoms. The van der Waals surface area contributed by atoms with Crippen molar-refractivity contribution in [2.45, 2.75) is 64.5 Å². The number of carbonyl (C=O) groups excluding carboxylic acids is 1. The molecule has 0 saturated carbocycles. The minimum absolute atomic E-state index is 0.270. The second-order valence-electron chi connectivity index (χ2n) is 7.25. The minimum atomic E-state index is -3.72. The Kier molecular flexibility index (Phi) is 7.14. The molecule has 1 atom stereocenters. The molecule has 0 spiro atoms. The van der Waals surface area contributed by atoms with Crippen molar-refractivity contribution in [3.05, 3.63) is 30.1 Å². The number of nitrogens with one attached hydrogen (secondary N) is 1. The number of aryl methyl sites for hydroxylation is 1. The number of rotatable bonds is 9. The molecule has 1 fully saturated rings. The summed E-state index contributed by atoms with van der Waals surface area (Å²) >= 11 is 0. The van der Waals surface area contributed by atoms with E-state index < -0.39 is 27.8 Å². The molecule has 1 aliphatic heterocycles. The van der Waals surface area contributed by atoms with Crippen LogP contribution in [0.1, 0.15) is 52.0 Å². The van der Waals surface area contributed by atoms with Crippen LogP contribution < -0.4 is 4.72 Å². The summed E-state index contributed by atoms with van der Waals surface area (Å²) in [6.45, 7) is 6.18. The number of ether oxygens (including phenoxy) is 1. The van der Waals surface area contributed by atoms with Crippen molar-refractivity contribution < 1.29 is 17.9 Å². The van der Waals surface area contributed by atoms with Gasteiger partial charge in [0.2, 0.25) is 0 Å². The van der Waals surface area contributed by atoms with E-state index in [0.717, 1.165) is 12.0 Å².